The molecule has 3 heterocycles. The summed E-state index contributed by atoms with van der Waals surface area (Å²) in [5, 5.41) is 23.6. The second-order valence-electron chi connectivity index (χ2n) is 13.4. The van der Waals surface area contributed by atoms with Crippen molar-refractivity contribution in [1.82, 2.24) is 4.90 Å². The van der Waals surface area contributed by atoms with Gasteiger partial charge in [0.2, 0.25) is 5.91 Å². The first-order valence-corrected chi connectivity index (χ1v) is 17.6. The molecule has 270 valence electrons. The lowest BCUT2D eigenvalue weighted by Gasteiger charge is -2.46. The standard InChI is InChI=1S/C44H36N2O8/c1-52-32-19-14-27(15-20-32)12-13-28-16-23-35-34(26-28)44(43(51)45-35)36(41(48)49)38-42(50)54-39(30-10-6-3-7-11-30)37(29-8-4-2-5-9-29)46(38)40(44)31-17-21-33(22-18-31)53-25-24-47/h2-11,14-23,26,36-40,47H,24-25H2,1H3,(H,45,51)(H,48,49). The molecule has 8 rings (SSSR count). The molecule has 0 bridgehead atoms. The summed E-state index contributed by atoms with van der Waals surface area (Å²) in [6.07, 6.45) is -0.831. The number of rotatable bonds is 8. The average Bonchev–Trinajstić information content (AvgIpc) is 3.69. The molecular weight excluding hydrogens is 684 g/mol. The maximum absolute atomic E-state index is 14.9. The van der Waals surface area contributed by atoms with E-state index in [4.69, 9.17) is 14.2 Å². The number of fused-ring (bicyclic) bond motifs is 3. The first-order valence-electron chi connectivity index (χ1n) is 17.6. The lowest BCUT2D eigenvalue weighted by atomic mass is 9.65. The van der Waals surface area contributed by atoms with Crippen LogP contribution in [-0.2, 0) is 24.5 Å². The Labute approximate surface area is 311 Å². The van der Waals surface area contributed by atoms with Crippen molar-refractivity contribution in [3.05, 3.63) is 161 Å². The van der Waals surface area contributed by atoms with Gasteiger partial charge in [-0.05, 0) is 76.9 Å². The molecule has 6 atom stereocenters. The Hall–Kier alpha value is -6.41. The lowest BCUT2D eigenvalue weighted by molar-refractivity contribution is -0.179. The van der Waals surface area contributed by atoms with Crippen LogP contribution in [0.4, 0.5) is 5.69 Å². The fraction of sp³-hybridized carbons (Fsp3) is 0.205. The Kier molecular flexibility index (Phi) is 9.11. The number of aliphatic hydroxyl groups excluding tert-OH is 1. The van der Waals surface area contributed by atoms with E-state index >= 15 is 0 Å². The normalized spacial score (nSPS) is 24.1. The number of hydrogen-bond acceptors (Lipinski definition) is 8. The van der Waals surface area contributed by atoms with Crippen molar-refractivity contribution >= 4 is 23.5 Å². The summed E-state index contributed by atoms with van der Waals surface area (Å²) >= 11 is 0. The number of carboxylic acid groups (broad SMARTS) is 1. The molecule has 0 aromatic heterocycles. The number of morpholine rings is 1. The molecule has 3 N–H and O–H groups in total. The average molecular weight is 721 g/mol. The van der Waals surface area contributed by atoms with Crippen LogP contribution in [0.25, 0.3) is 0 Å². The Morgan fingerprint density at radius 3 is 2.07 bits per heavy atom. The number of carboxylic acids is 1. The van der Waals surface area contributed by atoms with Crippen LogP contribution >= 0.6 is 0 Å². The smallest absolute Gasteiger partial charge is 0.325 e. The second kappa shape index (κ2) is 14.2. The molecule has 5 aromatic rings. The highest BCUT2D eigenvalue weighted by Crippen LogP contribution is 2.64. The molecule has 3 aliphatic rings. The number of anilines is 1. The number of aliphatic hydroxyl groups is 1. The third-order valence-corrected chi connectivity index (χ3v) is 10.6. The van der Waals surface area contributed by atoms with Crippen LogP contribution in [-0.4, -0.2) is 59.3 Å². The molecule has 1 spiro atoms. The Morgan fingerprint density at radius 1 is 0.796 bits per heavy atom. The van der Waals surface area contributed by atoms with E-state index in [1.165, 1.54) is 0 Å². The van der Waals surface area contributed by atoms with Gasteiger partial charge in [0.15, 0.2) is 0 Å². The van der Waals surface area contributed by atoms with Gasteiger partial charge in [-0.3, -0.25) is 19.3 Å². The highest BCUT2D eigenvalue weighted by molar-refractivity contribution is 6.11. The van der Waals surface area contributed by atoms with E-state index in [1.54, 1.807) is 49.6 Å². The zero-order valence-corrected chi connectivity index (χ0v) is 29.2. The molecular formula is C44H36N2O8. The summed E-state index contributed by atoms with van der Waals surface area (Å²) in [7, 11) is 1.59. The van der Waals surface area contributed by atoms with Gasteiger partial charge >= 0.3 is 11.9 Å². The van der Waals surface area contributed by atoms with Crippen LogP contribution < -0.4 is 14.8 Å². The molecule has 2 fully saturated rings. The van der Waals surface area contributed by atoms with E-state index in [-0.39, 0.29) is 13.2 Å². The molecule has 5 aromatic carbocycles. The maximum Gasteiger partial charge on any atom is 0.325 e. The summed E-state index contributed by atoms with van der Waals surface area (Å²) < 4.78 is 17.2. The first-order chi connectivity index (χ1) is 26.3. The van der Waals surface area contributed by atoms with Crippen LogP contribution in [0, 0.1) is 17.8 Å². The van der Waals surface area contributed by atoms with E-state index in [1.807, 2.05) is 89.8 Å². The monoisotopic (exact) mass is 720 g/mol. The zero-order valence-electron chi connectivity index (χ0n) is 29.2. The van der Waals surface area contributed by atoms with E-state index in [0.717, 1.165) is 16.7 Å². The van der Waals surface area contributed by atoms with E-state index in [2.05, 4.69) is 17.2 Å². The Balaban J connectivity index is 1.37. The van der Waals surface area contributed by atoms with Gasteiger partial charge in [-0.25, -0.2) is 0 Å². The van der Waals surface area contributed by atoms with Gasteiger partial charge in [0.05, 0.1) is 25.8 Å². The maximum atomic E-state index is 14.9. The summed E-state index contributed by atoms with van der Waals surface area (Å²) in [5.41, 5.74) is 2.47. The van der Waals surface area contributed by atoms with Crippen molar-refractivity contribution < 1.29 is 38.8 Å². The number of amides is 1. The fourth-order valence-electron chi connectivity index (χ4n) is 8.38. The van der Waals surface area contributed by atoms with Crippen molar-refractivity contribution in [2.75, 3.05) is 25.6 Å². The molecule has 0 aliphatic carbocycles. The SMILES string of the molecule is COc1ccc(C#Cc2ccc3c(c2)C2(C(=O)N3)C(C(=O)O)C3C(=O)OC(c4ccccc4)C(c4ccccc4)N3C2c2ccc(OCCO)cc2)cc1. The van der Waals surface area contributed by atoms with Crippen molar-refractivity contribution in [1.29, 1.82) is 0 Å². The van der Waals surface area contributed by atoms with Gasteiger partial charge in [0.25, 0.3) is 0 Å². The van der Waals surface area contributed by atoms with Gasteiger partial charge in [0.1, 0.15) is 41.6 Å². The molecule has 6 unspecified atom stereocenters. The number of carbonyl (C=O) groups excluding carboxylic acids is 2. The third kappa shape index (κ3) is 5.75. The Morgan fingerprint density at radius 2 is 1.43 bits per heavy atom. The van der Waals surface area contributed by atoms with Crippen molar-refractivity contribution in [3.8, 4) is 23.3 Å². The molecule has 3 aliphatic heterocycles. The highest BCUT2D eigenvalue weighted by atomic mass is 16.6. The number of aliphatic carboxylic acids is 1. The topological polar surface area (TPSA) is 135 Å². The number of benzene rings is 5. The van der Waals surface area contributed by atoms with Crippen LogP contribution in [0.5, 0.6) is 11.5 Å². The molecule has 1 amide bonds. The third-order valence-electron chi connectivity index (χ3n) is 10.6. The number of carbonyl (C=O) groups is 3. The summed E-state index contributed by atoms with van der Waals surface area (Å²) in [5.74, 6) is 3.39. The lowest BCUT2D eigenvalue weighted by Crippen LogP contribution is -2.52. The number of cyclic esters (lactones) is 1. The van der Waals surface area contributed by atoms with E-state index in [9.17, 15) is 24.6 Å². The Bertz CT molecular complexity index is 2270. The predicted molar refractivity (Wildman–Crippen MR) is 199 cm³/mol. The number of ether oxygens (including phenoxy) is 3. The predicted octanol–water partition coefficient (Wildman–Crippen LogP) is 5.82. The quantitative estimate of drug-likeness (QED) is 0.134. The minimum atomic E-state index is -1.81. The van der Waals surface area contributed by atoms with Gasteiger partial charge in [0, 0.05) is 16.8 Å². The molecule has 10 nitrogen and oxygen atoms in total. The number of nitrogens with one attached hydrogen (secondary N) is 1. The second-order valence-corrected chi connectivity index (χ2v) is 13.4. The molecule has 0 saturated carbocycles. The number of nitrogens with zero attached hydrogens (tertiary/aromatic N) is 1. The summed E-state index contributed by atoms with van der Waals surface area (Å²) in [6, 6.07) is 35.4. The van der Waals surface area contributed by atoms with Gasteiger partial charge < -0.3 is 29.7 Å². The fourth-order valence-corrected chi connectivity index (χ4v) is 8.38. The van der Waals surface area contributed by atoms with Crippen molar-refractivity contribution in [2.45, 2.75) is 29.6 Å². The molecule has 0 radical (unpaired) electrons. The van der Waals surface area contributed by atoms with Gasteiger partial charge in [-0.1, -0.05) is 84.6 Å². The molecule has 2 saturated heterocycles. The first kappa shape index (κ1) is 34.7. The van der Waals surface area contributed by atoms with Crippen molar-refractivity contribution in [2.24, 2.45) is 5.92 Å². The zero-order chi connectivity index (χ0) is 37.4. The summed E-state index contributed by atoms with van der Waals surface area (Å²) in [4.78, 5) is 45.1. The van der Waals surface area contributed by atoms with Gasteiger partial charge in [-0.15, -0.1) is 0 Å². The minimum Gasteiger partial charge on any atom is -0.497 e. The van der Waals surface area contributed by atoms with Crippen molar-refractivity contribution in [3.63, 3.8) is 0 Å². The number of hydrogen-bond donors (Lipinski definition) is 3. The van der Waals surface area contributed by atoms with Crippen LogP contribution in [0.3, 0.4) is 0 Å². The number of methoxy groups -OCH3 is 1. The largest absolute Gasteiger partial charge is 0.497 e. The van der Waals surface area contributed by atoms with E-state index in [0.29, 0.717) is 33.9 Å². The molecule has 54 heavy (non-hydrogen) atoms. The van der Waals surface area contributed by atoms with Crippen LogP contribution in [0.1, 0.15) is 51.6 Å². The van der Waals surface area contributed by atoms with Crippen LogP contribution in [0.2, 0.25) is 0 Å². The van der Waals surface area contributed by atoms with E-state index < -0.39 is 53.4 Å². The molecule has 10 heteroatoms. The highest BCUT2D eigenvalue weighted by Gasteiger charge is 2.74. The minimum absolute atomic E-state index is 0.0821. The number of esters is 1. The summed E-state index contributed by atoms with van der Waals surface area (Å²) in [6.45, 7) is -0.0928. The van der Waals surface area contributed by atoms with Gasteiger partial charge in [-0.2, -0.15) is 0 Å². The van der Waals surface area contributed by atoms with Crippen LogP contribution in [0.15, 0.2) is 127 Å².